The van der Waals surface area contributed by atoms with Crippen molar-refractivity contribution >= 4 is 5.97 Å². The van der Waals surface area contributed by atoms with Gasteiger partial charge >= 0.3 is 5.97 Å². The summed E-state index contributed by atoms with van der Waals surface area (Å²) in [6.07, 6.45) is 0.768. The summed E-state index contributed by atoms with van der Waals surface area (Å²) in [5, 5.41) is 0. The van der Waals surface area contributed by atoms with Crippen molar-refractivity contribution in [3.8, 4) is 0 Å². The molecule has 0 fully saturated rings. The van der Waals surface area contributed by atoms with Crippen LogP contribution in [0, 0.1) is 5.82 Å². The smallest absolute Gasteiger partial charge is 0.338 e. The second kappa shape index (κ2) is 6.82. The minimum Gasteiger partial charge on any atom is -0.457 e. The van der Waals surface area contributed by atoms with Gasteiger partial charge in [-0.3, -0.25) is 0 Å². The molecule has 2 aromatic carbocycles. The lowest BCUT2D eigenvalue weighted by molar-refractivity contribution is 0.0469. The van der Waals surface area contributed by atoms with Crippen LogP contribution < -0.4 is 5.73 Å². The standard InChI is InChI=1S/C16H16FNO2/c17-15-4-2-1-3-14(15)11-20-16(19)13-7-5-12(6-8-13)9-10-18/h1-8H,9-11,18H2. The first-order chi connectivity index (χ1) is 9.70. The summed E-state index contributed by atoms with van der Waals surface area (Å²) in [6.45, 7) is 0.493. The molecule has 0 unspecified atom stereocenters. The fourth-order valence-electron chi connectivity index (χ4n) is 1.82. The number of hydrogen-bond acceptors (Lipinski definition) is 3. The van der Waals surface area contributed by atoms with Crippen molar-refractivity contribution in [2.24, 2.45) is 5.73 Å². The van der Waals surface area contributed by atoms with E-state index in [4.69, 9.17) is 10.5 Å². The molecule has 0 saturated carbocycles. The van der Waals surface area contributed by atoms with Crippen molar-refractivity contribution in [3.63, 3.8) is 0 Å². The van der Waals surface area contributed by atoms with E-state index >= 15 is 0 Å². The summed E-state index contributed by atoms with van der Waals surface area (Å²) in [5.41, 5.74) is 7.33. The molecule has 0 aliphatic rings. The molecule has 2 aromatic rings. The second-order valence-electron chi connectivity index (χ2n) is 4.40. The van der Waals surface area contributed by atoms with Gasteiger partial charge in [-0.1, -0.05) is 30.3 Å². The van der Waals surface area contributed by atoms with Crippen LogP contribution in [0.15, 0.2) is 48.5 Å². The van der Waals surface area contributed by atoms with Crippen molar-refractivity contribution < 1.29 is 13.9 Å². The van der Waals surface area contributed by atoms with Crippen LogP contribution in [0.2, 0.25) is 0 Å². The molecule has 0 aliphatic heterocycles. The lowest BCUT2D eigenvalue weighted by Crippen LogP contribution is -2.07. The van der Waals surface area contributed by atoms with Gasteiger partial charge in [0.25, 0.3) is 0 Å². The van der Waals surface area contributed by atoms with E-state index in [2.05, 4.69) is 0 Å². The number of rotatable bonds is 5. The second-order valence-corrected chi connectivity index (χ2v) is 4.40. The van der Waals surface area contributed by atoms with Gasteiger partial charge in [0.15, 0.2) is 0 Å². The monoisotopic (exact) mass is 273 g/mol. The predicted molar refractivity (Wildman–Crippen MR) is 74.7 cm³/mol. The minimum absolute atomic E-state index is 0.0734. The molecular weight excluding hydrogens is 257 g/mol. The average Bonchev–Trinajstić information content (AvgIpc) is 2.47. The van der Waals surface area contributed by atoms with Gasteiger partial charge in [0.1, 0.15) is 12.4 Å². The predicted octanol–water partition coefficient (Wildman–Crippen LogP) is 2.68. The van der Waals surface area contributed by atoms with Crippen molar-refractivity contribution in [1.82, 2.24) is 0 Å². The molecule has 0 amide bonds. The number of carbonyl (C=O) groups is 1. The number of halogens is 1. The molecule has 0 radical (unpaired) electrons. The molecule has 2 N–H and O–H groups in total. The number of benzene rings is 2. The summed E-state index contributed by atoms with van der Waals surface area (Å²) in [7, 11) is 0. The van der Waals surface area contributed by atoms with Crippen LogP contribution in [0.25, 0.3) is 0 Å². The molecule has 3 nitrogen and oxygen atoms in total. The molecule has 0 heterocycles. The SMILES string of the molecule is NCCc1ccc(C(=O)OCc2ccccc2F)cc1. The Morgan fingerprint density at radius 2 is 1.80 bits per heavy atom. The Labute approximate surface area is 117 Å². The quantitative estimate of drug-likeness (QED) is 0.852. The largest absolute Gasteiger partial charge is 0.457 e. The van der Waals surface area contributed by atoms with Gasteiger partial charge in [-0.15, -0.1) is 0 Å². The van der Waals surface area contributed by atoms with E-state index in [1.165, 1.54) is 6.07 Å². The maximum Gasteiger partial charge on any atom is 0.338 e. The van der Waals surface area contributed by atoms with Crippen LogP contribution in [0.5, 0.6) is 0 Å². The van der Waals surface area contributed by atoms with Gasteiger partial charge in [-0.2, -0.15) is 0 Å². The van der Waals surface area contributed by atoms with E-state index in [1.54, 1.807) is 30.3 Å². The van der Waals surface area contributed by atoms with E-state index in [1.807, 2.05) is 12.1 Å². The lowest BCUT2D eigenvalue weighted by Gasteiger charge is -2.06. The molecule has 20 heavy (non-hydrogen) atoms. The summed E-state index contributed by atoms with van der Waals surface area (Å²) in [4.78, 5) is 11.8. The van der Waals surface area contributed by atoms with Gasteiger partial charge in [-0.05, 0) is 36.7 Å². The molecule has 0 atom stereocenters. The fourth-order valence-corrected chi connectivity index (χ4v) is 1.82. The molecule has 0 bridgehead atoms. The molecule has 4 heteroatoms. The molecule has 0 aromatic heterocycles. The zero-order chi connectivity index (χ0) is 14.4. The number of ether oxygens (including phenoxy) is 1. The third-order valence-electron chi connectivity index (χ3n) is 2.94. The third kappa shape index (κ3) is 3.65. The van der Waals surface area contributed by atoms with Gasteiger partial charge in [-0.25, -0.2) is 9.18 Å². The minimum atomic E-state index is -0.465. The van der Waals surface area contributed by atoms with Gasteiger partial charge in [0.05, 0.1) is 5.56 Å². The van der Waals surface area contributed by atoms with E-state index in [0.717, 1.165) is 12.0 Å². The number of esters is 1. The fraction of sp³-hybridized carbons (Fsp3) is 0.188. The van der Waals surface area contributed by atoms with Gasteiger partial charge < -0.3 is 10.5 Å². The topological polar surface area (TPSA) is 52.3 Å². The van der Waals surface area contributed by atoms with Crippen LogP contribution in [0.4, 0.5) is 4.39 Å². The summed E-state index contributed by atoms with van der Waals surface area (Å²) < 4.78 is 18.5. The first kappa shape index (κ1) is 14.2. The molecule has 104 valence electrons. The highest BCUT2D eigenvalue weighted by atomic mass is 19.1. The molecular formula is C16H16FNO2. The van der Waals surface area contributed by atoms with Crippen molar-refractivity contribution in [2.45, 2.75) is 13.0 Å². The normalized spacial score (nSPS) is 10.3. The maximum atomic E-state index is 13.4. The van der Waals surface area contributed by atoms with Gasteiger partial charge in [0.2, 0.25) is 0 Å². The summed E-state index contributed by atoms with van der Waals surface area (Å²) >= 11 is 0. The number of nitrogens with two attached hydrogens (primary N) is 1. The Morgan fingerprint density at radius 3 is 2.45 bits per heavy atom. The zero-order valence-electron chi connectivity index (χ0n) is 11.0. The first-order valence-corrected chi connectivity index (χ1v) is 6.40. The van der Waals surface area contributed by atoms with Crippen LogP contribution in [-0.2, 0) is 17.8 Å². The highest BCUT2D eigenvalue weighted by Crippen LogP contribution is 2.11. The van der Waals surface area contributed by atoms with E-state index < -0.39 is 5.97 Å². The highest BCUT2D eigenvalue weighted by Gasteiger charge is 2.09. The summed E-state index contributed by atoms with van der Waals surface area (Å²) in [6, 6.07) is 13.3. The third-order valence-corrected chi connectivity index (χ3v) is 2.94. The molecule has 0 aliphatic carbocycles. The van der Waals surface area contributed by atoms with Gasteiger partial charge in [0, 0.05) is 5.56 Å². The Bertz CT molecular complexity index is 581. The maximum absolute atomic E-state index is 13.4. The van der Waals surface area contributed by atoms with Crippen LogP contribution >= 0.6 is 0 Å². The highest BCUT2D eigenvalue weighted by molar-refractivity contribution is 5.89. The summed E-state index contributed by atoms with van der Waals surface area (Å²) in [5.74, 6) is -0.842. The Morgan fingerprint density at radius 1 is 1.10 bits per heavy atom. The van der Waals surface area contributed by atoms with E-state index in [-0.39, 0.29) is 12.4 Å². The lowest BCUT2D eigenvalue weighted by atomic mass is 10.1. The number of hydrogen-bond donors (Lipinski definition) is 1. The average molecular weight is 273 g/mol. The van der Waals surface area contributed by atoms with Crippen LogP contribution in [0.3, 0.4) is 0 Å². The molecule has 2 rings (SSSR count). The molecule has 0 saturated heterocycles. The first-order valence-electron chi connectivity index (χ1n) is 6.40. The Balaban J connectivity index is 1.96. The zero-order valence-corrected chi connectivity index (χ0v) is 11.0. The van der Waals surface area contributed by atoms with E-state index in [0.29, 0.717) is 17.7 Å². The van der Waals surface area contributed by atoms with Crippen molar-refractivity contribution in [3.05, 3.63) is 71.0 Å². The molecule has 0 spiro atoms. The van der Waals surface area contributed by atoms with E-state index in [9.17, 15) is 9.18 Å². The van der Waals surface area contributed by atoms with Crippen molar-refractivity contribution in [1.29, 1.82) is 0 Å². The van der Waals surface area contributed by atoms with Crippen molar-refractivity contribution in [2.75, 3.05) is 6.54 Å². The number of carbonyl (C=O) groups excluding carboxylic acids is 1. The van der Waals surface area contributed by atoms with Crippen LogP contribution in [-0.4, -0.2) is 12.5 Å². The Hall–Kier alpha value is -2.20. The van der Waals surface area contributed by atoms with Crippen LogP contribution in [0.1, 0.15) is 21.5 Å². The Kier molecular flexibility index (Phi) is 4.85.